The third-order valence-electron chi connectivity index (χ3n) is 3.97. The van der Waals surface area contributed by atoms with Crippen molar-refractivity contribution in [3.8, 4) is 6.07 Å². The second kappa shape index (κ2) is 7.66. The van der Waals surface area contributed by atoms with Gasteiger partial charge >= 0.3 is 0 Å². The van der Waals surface area contributed by atoms with E-state index in [1.54, 1.807) is 0 Å². The lowest BCUT2D eigenvalue weighted by Gasteiger charge is -2.26. The number of nitrogens with zero attached hydrogens (tertiary/aromatic N) is 2. The Morgan fingerprint density at radius 1 is 0.963 bits per heavy atom. The minimum atomic E-state index is -3.96. The summed E-state index contributed by atoms with van der Waals surface area (Å²) < 4.78 is 59.3. The molecule has 2 aromatic rings. The van der Waals surface area contributed by atoms with E-state index in [1.807, 2.05) is 6.07 Å². The molecule has 1 N–H and O–H groups in total. The molecule has 8 nitrogen and oxygen atoms in total. The number of anilines is 1. The number of benzene rings is 2. The second-order valence-electron chi connectivity index (χ2n) is 5.79. The van der Waals surface area contributed by atoms with Crippen LogP contribution >= 0.6 is 0 Å². The van der Waals surface area contributed by atoms with Gasteiger partial charge in [0.25, 0.3) is 10.0 Å². The quantitative estimate of drug-likeness (QED) is 0.800. The molecule has 0 saturated carbocycles. The predicted octanol–water partition coefficient (Wildman–Crippen LogP) is 1.38. The van der Waals surface area contributed by atoms with Gasteiger partial charge in [-0.3, -0.25) is 4.72 Å². The molecular formula is C17H17N3O5S2. The summed E-state index contributed by atoms with van der Waals surface area (Å²) in [5.74, 6) is 0. The van der Waals surface area contributed by atoms with Crippen LogP contribution < -0.4 is 4.72 Å². The number of hydrogen-bond donors (Lipinski definition) is 1. The standard InChI is InChI=1S/C17H17N3O5S2/c18-13-14-3-1-5-16(11-14)26(21,22)19-15-4-2-6-17(12-15)27(23,24)20-7-9-25-10-8-20/h1-6,11-12,19H,7-10H2. The molecule has 2 aromatic carbocycles. The topological polar surface area (TPSA) is 117 Å². The van der Waals surface area contributed by atoms with Crippen LogP contribution in [-0.2, 0) is 24.8 Å². The van der Waals surface area contributed by atoms with Crippen molar-refractivity contribution in [2.75, 3.05) is 31.0 Å². The highest BCUT2D eigenvalue weighted by Crippen LogP contribution is 2.23. The first-order valence-corrected chi connectivity index (χ1v) is 11.0. The molecule has 1 heterocycles. The van der Waals surface area contributed by atoms with Crippen LogP contribution in [0.15, 0.2) is 58.3 Å². The van der Waals surface area contributed by atoms with E-state index in [-0.39, 0.29) is 34.1 Å². The second-order valence-corrected chi connectivity index (χ2v) is 9.41. The average Bonchev–Trinajstić information content (AvgIpc) is 2.68. The fraction of sp³-hybridized carbons (Fsp3) is 0.235. The number of ether oxygens (including phenoxy) is 1. The van der Waals surface area contributed by atoms with Gasteiger partial charge in [0.15, 0.2) is 0 Å². The Bertz CT molecular complexity index is 1090. The van der Waals surface area contributed by atoms with E-state index in [4.69, 9.17) is 10.00 Å². The highest BCUT2D eigenvalue weighted by molar-refractivity contribution is 7.92. The van der Waals surface area contributed by atoms with Crippen molar-refractivity contribution in [3.05, 3.63) is 54.1 Å². The predicted molar refractivity (Wildman–Crippen MR) is 98.0 cm³/mol. The molecule has 1 aliphatic rings. The molecule has 0 spiro atoms. The monoisotopic (exact) mass is 407 g/mol. The van der Waals surface area contributed by atoms with Crippen molar-refractivity contribution in [2.24, 2.45) is 0 Å². The number of nitrogens with one attached hydrogen (secondary N) is 1. The van der Waals surface area contributed by atoms with Crippen LogP contribution in [0.3, 0.4) is 0 Å². The lowest BCUT2D eigenvalue weighted by atomic mass is 10.2. The molecule has 3 rings (SSSR count). The summed E-state index contributed by atoms with van der Waals surface area (Å²) >= 11 is 0. The summed E-state index contributed by atoms with van der Waals surface area (Å²) in [6.45, 7) is 1.14. The average molecular weight is 407 g/mol. The zero-order chi connectivity index (χ0) is 19.5. The third kappa shape index (κ3) is 4.28. The molecule has 142 valence electrons. The van der Waals surface area contributed by atoms with Gasteiger partial charge in [-0.1, -0.05) is 12.1 Å². The van der Waals surface area contributed by atoms with Crippen molar-refractivity contribution in [1.82, 2.24) is 4.31 Å². The van der Waals surface area contributed by atoms with Gasteiger partial charge in [0.2, 0.25) is 10.0 Å². The van der Waals surface area contributed by atoms with E-state index in [1.165, 1.54) is 52.8 Å². The van der Waals surface area contributed by atoms with Gasteiger partial charge in [-0.15, -0.1) is 0 Å². The van der Waals surface area contributed by atoms with Crippen LogP contribution in [0.25, 0.3) is 0 Å². The Balaban J connectivity index is 1.88. The summed E-state index contributed by atoms with van der Waals surface area (Å²) in [6.07, 6.45) is 0. The van der Waals surface area contributed by atoms with Crippen molar-refractivity contribution >= 4 is 25.7 Å². The highest BCUT2D eigenvalue weighted by Gasteiger charge is 2.26. The Hall–Kier alpha value is -2.45. The van der Waals surface area contributed by atoms with Gasteiger partial charge < -0.3 is 4.74 Å². The van der Waals surface area contributed by atoms with E-state index in [2.05, 4.69) is 4.72 Å². The Morgan fingerprint density at radius 3 is 2.33 bits per heavy atom. The van der Waals surface area contributed by atoms with E-state index < -0.39 is 20.0 Å². The molecule has 1 fully saturated rings. The molecule has 0 radical (unpaired) electrons. The molecular weight excluding hydrogens is 390 g/mol. The third-order valence-corrected chi connectivity index (χ3v) is 7.24. The summed E-state index contributed by atoms with van der Waals surface area (Å²) in [5.41, 5.74) is 0.327. The first kappa shape index (κ1) is 19.3. The van der Waals surface area contributed by atoms with Crippen LogP contribution in [0, 0.1) is 11.3 Å². The first-order valence-electron chi connectivity index (χ1n) is 8.04. The summed E-state index contributed by atoms with van der Waals surface area (Å²) in [6, 6.07) is 13.1. The maximum atomic E-state index is 12.7. The zero-order valence-corrected chi connectivity index (χ0v) is 15.8. The molecule has 1 aliphatic heterocycles. The van der Waals surface area contributed by atoms with E-state index >= 15 is 0 Å². The van der Waals surface area contributed by atoms with Crippen LogP contribution in [0.4, 0.5) is 5.69 Å². The van der Waals surface area contributed by atoms with Gasteiger partial charge in [0.05, 0.1) is 40.3 Å². The first-order chi connectivity index (χ1) is 12.8. The van der Waals surface area contributed by atoms with Gasteiger partial charge in [0.1, 0.15) is 0 Å². The largest absolute Gasteiger partial charge is 0.379 e. The van der Waals surface area contributed by atoms with E-state index in [0.717, 1.165) is 0 Å². The fourth-order valence-electron chi connectivity index (χ4n) is 2.60. The number of nitriles is 1. The maximum absolute atomic E-state index is 12.7. The van der Waals surface area contributed by atoms with Crippen molar-refractivity contribution in [3.63, 3.8) is 0 Å². The Morgan fingerprint density at radius 2 is 1.63 bits per heavy atom. The summed E-state index contributed by atoms with van der Waals surface area (Å²) in [4.78, 5) is -0.0848. The lowest BCUT2D eigenvalue weighted by Crippen LogP contribution is -2.40. The number of sulfonamides is 2. The van der Waals surface area contributed by atoms with Crippen LogP contribution in [0.1, 0.15) is 5.56 Å². The van der Waals surface area contributed by atoms with E-state index in [0.29, 0.717) is 13.2 Å². The van der Waals surface area contributed by atoms with Gasteiger partial charge in [-0.25, -0.2) is 16.8 Å². The van der Waals surface area contributed by atoms with Crippen molar-refractivity contribution in [1.29, 1.82) is 5.26 Å². The van der Waals surface area contributed by atoms with Crippen LogP contribution in [0.5, 0.6) is 0 Å². The van der Waals surface area contributed by atoms with Gasteiger partial charge in [0, 0.05) is 13.1 Å². The summed E-state index contributed by atoms with van der Waals surface area (Å²) in [7, 11) is -7.70. The van der Waals surface area contributed by atoms with Crippen molar-refractivity contribution in [2.45, 2.75) is 9.79 Å². The molecule has 27 heavy (non-hydrogen) atoms. The van der Waals surface area contributed by atoms with Crippen LogP contribution in [0.2, 0.25) is 0 Å². The van der Waals surface area contributed by atoms with Crippen LogP contribution in [-0.4, -0.2) is 47.4 Å². The SMILES string of the molecule is N#Cc1cccc(S(=O)(=O)Nc2cccc(S(=O)(=O)N3CCOCC3)c2)c1. The molecule has 1 saturated heterocycles. The molecule has 0 bridgehead atoms. The van der Waals surface area contributed by atoms with Gasteiger partial charge in [-0.2, -0.15) is 9.57 Å². The number of hydrogen-bond acceptors (Lipinski definition) is 6. The Kier molecular flexibility index (Phi) is 5.48. The summed E-state index contributed by atoms with van der Waals surface area (Å²) in [5, 5.41) is 8.92. The fourth-order valence-corrected chi connectivity index (χ4v) is 5.15. The van der Waals surface area contributed by atoms with Gasteiger partial charge in [-0.05, 0) is 36.4 Å². The number of morpholine rings is 1. The maximum Gasteiger partial charge on any atom is 0.261 e. The molecule has 0 aliphatic carbocycles. The molecule has 10 heteroatoms. The minimum absolute atomic E-state index is 0.00428. The van der Waals surface area contributed by atoms with E-state index in [9.17, 15) is 16.8 Å². The zero-order valence-electron chi connectivity index (χ0n) is 14.2. The Labute approximate surface area is 158 Å². The lowest BCUT2D eigenvalue weighted by molar-refractivity contribution is 0.0730. The molecule has 0 aromatic heterocycles. The normalized spacial score (nSPS) is 15.8. The van der Waals surface area contributed by atoms with Crippen molar-refractivity contribution < 1.29 is 21.6 Å². The molecule has 0 unspecified atom stereocenters. The molecule has 0 amide bonds. The highest BCUT2D eigenvalue weighted by atomic mass is 32.2. The number of rotatable bonds is 5. The minimum Gasteiger partial charge on any atom is -0.379 e. The smallest absolute Gasteiger partial charge is 0.261 e. The molecule has 0 atom stereocenters.